The van der Waals surface area contributed by atoms with Gasteiger partial charge in [0.05, 0.1) is 0 Å². The van der Waals surface area contributed by atoms with Crippen LogP contribution in [0.4, 0.5) is 10.5 Å². The quantitative estimate of drug-likeness (QED) is 0.747. The van der Waals surface area contributed by atoms with Crippen LogP contribution in [-0.4, -0.2) is 38.2 Å². The highest BCUT2D eigenvalue weighted by molar-refractivity contribution is 7.72. The minimum absolute atomic E-state index is 0.125. The number of hydrogen-bond donors (Lipinski definition) is 2. The molecule has 1 fully saturated rings. The molecule has 1 N–H and O–H groups in total. The van der Waals surface area contributed by atoms with Crippen LogP contribution in [0.2, 0.25) is 0 Å². The molecular weight excluding hydrogens is 372 g/mol. The van der Waals surface area contributed by atoms with Gasteiger partial charge in [-0.25, -0.2) is 13.2 Å². The summed E-state index contributed by atoms with van der Waals surface area (Å²) < 4.78 is 21.5. The minimum atomic E-state index is -2.34. The molecule has 0 spiro atoms. The fourth-order valence-electron chi connectivity index (χ4n) is 3.96. The lowest BCUT2D eigenvalue weighted by atomic mass is 9.94. The summed E-state index contributed by atoms with van der Waals surface area (Å²) in [6.45, 7) is 9.37. The van der Waals surface area contributed by atoms with Crippen molar-refractivity contribution in [1.29, 1.82) is 0 Å². The van der Waals surface area contributed by atoms with E-state index in [9.17, 15) is 13.2 Å². The van der Waals surface area contributed by atoms with Gasteiger partial charge in [0, 0.05) is 24.5 Å². The summed E-state index contributed by atoms with van der Waals surface area (Å²) in [4.78, 5) is 14.4. The van der Waals surface area contributed by atoms with Gasteiger partial charge in [-0.1, -0.05) is 24.3 Å². The number of carbonyl (C=O) groups excluding carboxylic acids is 1. The lowest BCUT2D eigenvalue weighted by Gasteiger charge is -2.19. The molecule has 1 saturated heterocycles. The van der Waals surface area contributed by atoms with Crippen molar-refractivity contribution in [1.82, 2.24) is 4.90 Å². The molecule has 149 valence electrons. The summed E-state index contributed by atoms with van der Waals surface area (Å²) in [6, 6.07) is 12.0. The van der Waals surface area contributed by atoms with E-state index in [1.54, 1.807) is 4.90 Å². The molecular formula is C22H27N2O3S. The van der Waals surface area contributed by atoms with Crippen LogP contribution in [0, 0.1) is 26.7 Å². The van der Waals surface area contributed by atoms with E-state index in [2.05, 4.69) is 24.4 Å². The van der Waals surface area contributed by atoms with Crippen molar-refractivity contribution in [2.24, 2.45) is 5.92 Å². The Bertz CT molecular complexity index is 922. The Balaban J connectivity index is 1.69. The number of thiol groups is 1. The molecule has 28 heavy (non-hydrogen) atoms. The maximum atomic E-state index is 12.6. The molecule has 3 rings (SSSR count). The topological polar surface area (TPSA) is 66.5 Å². The second-order valence-corrected chi connectivity index (χ2v) is 8.67. The highest BCUT2D eigenvalue weighted by Gasteiger charge is 2.26. The number of anilines is 1. The van der Waals surface area contributed by atoms with Gasteiger partial charge >= 0.3 is 6.03 Å². The van der Waals surface area contributed by atoms with E-state index in [-0.39, 0.29) is 17.7 Å². The van der Waals surface area contributed by atoms with Gasteiger partial charge in [0.1, 0.15) is 10.7 Å². The summed E-state index contributed by atoms with van der Waals surface area (Å²) >= 11 is 0. The lowest BCUT2D eigenvalue weighted by molar-refractivity contribution is 0.220. The molecule has 1 radical (unpaired) electrons. The number of likely N-dealkylation sites (tertiary alicyclic amines) is 1. The van der Waals surface area contributed by atoms with E-state index in [1.165, 1.54) is 0 Å². The van der Waals surface area contributed by atoms with Crippen LogP contribution < -0.4 is 5.32 Å². The third-order valence-corrected chi connectivity index (χ3v) is 5.92. The molecule has 0 unspecified atom stereocenters. The predicted molar refractivity (Wildman–Crippen MR) is 114 cm³/mol. The zero-order valence-corrected chi connectivity index (χ0v) is 17.3. The number of rotatable bonds is 5. The number of carbonyl (C=O) groups is 1. The number of aryl methyl sites for hydroxylation is 2. The highest BCUT2D eigenvalue weighted by Crippen LogP contribution is 2.31. The third-order valence-electron chi connectivity index (χ3n) is 5.29. The van der Waals surface area contributed by atoms with Gasteiger partial charge in [0.2, 0.25) is 0 Å². The Morgan fingerprint density at radius 2 is 1.93 bits per heavy atom. The Morgan fingerprint density at radius 3 is 2.57 bits per heavy atom. The number of amides is 2. The van der Waals surface area contributed by atoms with Gasteiger partial charge in [-0.3, -0.25) is 0 Å². The molecule has 5 nitrogen and oxygen atoms in total. The first-order valence-corrected chi connectivity index (χ1v) is 10.9. The average molecular weight is 400 g/mol. The van der Waals surface area contributed by atoms with Gasteiger partial charge in [-0.15, -0.1) is 0 Å². The van der Waals surface area contributed by atoms with Crippen LogP contribution in [0.25, 0.3) is 11.1 Å². The molecule has 0 aliphatic carbocycles. The van der Waals surface area contributed by atoms with E-state index in [4.69, 9.17) is 0 Å². The maximum absolute atomic E-state index is 12.6. The molecule has 1 heterocycles. The number of benzene rings is 2. The number of urea groups is 1. The Labute approximate surface area is 168 Å². The van der Waals surface area contributed by atoms with E-state index in [0.29, 0.717) is 19.5 Å². The molecule has 2 aromatic carbocycles. The first kappa shape index (κ1) is 20.4. The smallest absolute Gasteiger partial charge is 0.321 e. The molecule has 1 atom stereocenters. The van der Waals surface area contributed by atoms with E-state index in [1.807, 2.05) is 38.1 Å². The van der Waals surface area contributed by atoms with Gasteiger partial charge in [-0.05, 0) is 79.5 Å². The van der Waals surface area contributed by atoms with E-state index in [0.717, 1.165) is 39.9 Å². The van der Waals surface area contributed by atoms with Crippen LogP contribution in [0.5, 0.6) is 0 Å². The molecule has 0 aromatic heterocycles. The third kappa shape index (κ3) is 4.93. The normalized spacial score (nSPS) is 16.6. The first-order valence-electron chi connectivity index (χ1n) is 9.55. The van der Waals surface area contributed by atoms with E-state index < -0.39 is 10.7 Å². The molecule has 0 bridgehead atoms. The number of hydrogen-bond acceptors (Lipinski definition) is 3. The molecule has 0 saturated carbocycles. The van der Waals surface area contributed by atoms with Crippen LogP contribution in [0.1, 0.15) is 29.5 Å². The van der Waals surface area contributed by atoms with Crippen molar-refractivity contribution in [2.75, 3.05) is 24.2 Å². The van der Waals surface area contributed by atoms with Gasteiger partial charge < -0.3 is 10.2 Å². The van der Waals surface area contributed by atoms with Crippen LogP contribution in [0.15, 0.2) is 36.4 Å². The summed E-state index contributed by atoms with van der Waals surface area (Å²) in [5.41, 5.74) is 6.23. The molecule has 2 aromatic rings. The largest absolute Gasteiger partial charge is 0.324 e. The van der Waals surface area contributed by atoms with E-state index >= 15 is 0 Å². The zero-order valence-electron chi connectivity index (χ0n) is 16.4. The SMILES string of the molecule is [CH2]c1cccc(-c2c(C)cc(NC(=O)N3CC[C@H](CC[SH](=O)=O)C3)cc2C)c1. The molecule has 6 heteroatoms. The second-order valence-electron chi connectivity index (χ2n) is 7.56. The fraction of sp³-hybridized carbons (Fsp3) is 0.364. The van der Waals surface area contributed by atoms with Crippen molar-refractivity contribution in [3.8, 4) is 11.1 Å². The summed E-state index contributed by atoms with van der Waals surface area (Å²) in [6.07, 6.45) is 1.48. The summed E-state index contributed by atoms with van der Waals surface area (Å²) in [5.74, 6) is 0.462. The van der Waals surface area contributed by atoms with Crippen molar-refractivity contribution in [3.05, 3.63) is 60.0 Å². The van der Waals surface area contributed by atoms with Gasteiger partial charge in [0.15, 0.2) is 0 Å². The van der Waals surface area contributed by atoms with Crippen LogP contribution >= 0.6 is 0 Å². The highest BCUT2D eigenvalue weighted by atomic mass is 32.2. The van der Waals surface area contributed by atoms with Crippen molar-refractivity contribution >= 4 is 22.4 Å². The molecule has 1 aliphatic rings. The first-order chi connectivity index (χ1) is 13.3. The Hall–Kier alpha value is -2.34. The van der Waals surface area contributed by atoms with Crippen molar-refractivity contribution in [3.63, 3.8) is 0 Å². The molecule has 2 amide bonds. The number of nitrogens with zero attached hydrogens (tertiary/aromatic N) is 1. The standard InChI is InChI=1S/C22H27N2O3S/c1-15-5-4-6-19(11-15)21-16(2)12-20(13-17(21)3)23-22(25)24-9-7-18(14-24)8-10-28(26)27/h4-6,11-13,18,28H,1,7-10,14H2,2-3H3,(H,23,25)/t18-/m1/s1. The van der Waals surface area contributed by atoms with Crippen LogP contribution in [-0.2, 0) is 10.7 Å². The zero-order chi connectivity index (χ0) is 20.3. The summed E-state index contributed by atoms with van der Waals surface area (Å²) in [7, 11) is -2.34. The number of nitrogens with one attached hydrogen (secondary N) is 1. The fourth-order valence-corrected chi connectivity index (χ4v) is 4.54. The summed E-state index contributed by atoms with van der Waals surface area (Å²) in [5, 5.41) is 3.00. The van der Waals surface area contributed by atoms with Crippen molar-refractivity contribution < 1.29 is 13.2 Å². The second kappa shape index (κ2) is 8.78. The molecule has 1 aliphatic heterocycles. The monoisotopic (exact) mass is 399 g/mol. The van der Waals surface area contributed by atoms with Gasteiger partial charge in [0.25, 0.3) is 0 Å². The lowest BCUT2D eigenvalue weighted by Crippen LogP contribution is -2.33. The Morgan fingerprint density at radius 1 is 1.21 bits per heavy atom. The Kier molecular flexibility index (Phi) is 6.39. The van der Waals surface area contributed by atoms with Crippen LogP contribution in [0.3, 0.4) is 0 Å². The van der Waals surface area contributed by atoms with Gasteiger partial charge in [-0.2, -0.15) is 0 Å². The average Bonchev–Trinajstić information content (AvgIpc) is 3.08. The van der Waals surface area contributed by atoms with Crippen molar-refractivity contribution in [2.45, 2.75) is 26.7 Å². The predicted octanol–water partition coefficient (Wildman–Crippen LogP) is 4.01. The maximum Gasteiger partial charge on any atom is 0.321 e. The minimum Gasteiger partial charge on any atom is -0.324 e.